The van der Waals surface area contributed by atoms with Gasteiger partial charge < -0.3 is 24.4 Å². The fourth-order valence-corrected chi connectivity index (χ4v) is 2.23. The van der Waals surface area contributed by atoms with Crippen LogP contribution in [0.2, 0.25) is 0 Å². The van der Waals surface area contributed by atoms with Gasteiger partial charge in [0.1, 0.15) is 0 Å². The van der Waals surface area contributed by atoms with Crippen molar-refractivity contribution in [1.82, 2.24) is 10.2 Å². The molecule has 0 aromatic carbocycles. The molecule has 0 amide bonds. The number of nitrogens with zero attached hydrogens (tertiary/aromatic N) is 1. The van der Waals surface area contributed by atoms with E-state index in [0.717, 1.165) is 25.6 Å². The molecule has 1 fully saturated rings. The Balaban J connectivity index is 1.84. The lowest BCUT2D eigenvalue weighted by atomic mass is 10.1. The molecule has 5 nitrogen and oxygen atoms in total. The van der Waals surface area contributed by atoms with Gasteiger partial charge in [-0.3, -0.25) is 0 Å². The second kappa shape index (κ2) is 10.7. The van der Waals surface area contributed by atoms with Gasteiger partial charge in [-0.1, -0.05) is 0 Å². The van der Waals surface area contributed by atoms with Crippen molar-refractivity contribution in [3.05, 3.63) is 0 Å². The van der Waals surface area contributed by atoms with Crippen molar-refractivity contribution in [3.8, 4) is 0 Å². The average Bonchev–Trinajstić information content (AvgIpc) is 2.81. The van der Waals surface area contributed by atoms with Crippen molar-refractivity contribution in [3.63, 3.8) is 0 Å². The van der Waals surface area contributed by atoms with Gasteiger partial charge >= 0.3 is 0 Å². The molecule has 0 radical (unpaired) electrons. The molecule has 0 bridgehead atoms. The van der Waals surface area contributed by atoms with Crippen LogP contribution in [0.25, 0.3) is 0 Å². The smallest absolute Gasteiger partial charge is 0.0701 e. The van der Waals surface area contributed by atoms with E-state index in [-0.39, 0.29) is 0 Å². The summed E-state index contributed by atoms with van der Waals surface area (Å²) in [5.74, 6) is 0.812. The fourth-order valence-electron chi connectivity index (χ4n) is 2.23. The minimum Gasteiger partial charge on any atom is -0.382 e. The Kier molecular flexibility index (Phi) is 9.42. The molecule has 1 rings (SSSR count). The Bertz CT molecular complexity index is 193. The van der Waals surface area contributed by atoms with E-state index in [1.54, 1.807) is 7.11 Å². The summed E-state index contributed by atoms with van der Waals surface area (Å²) < 4.78 is 15.8. The molecule has 1 aliphatic heterocycles. The van der Waals surface area contributed by atoms with Crippen LogP contribution < -0.4 is 5.32 Å². The molecule has 0 aromatic rings. The van der Waals surface area contributed by atoms with Gasteiger partial charge in [-0.15, -0.1) is 0 Å². The Morgan fingerprint density at radius 2 is 1.83 bits per heavy atom. The van der Waals surface area contributed by atoms with E-state index in [1.807, 2.05) is 7.05 Å². The molecule has 0 aromatic heterocycles. The first-order chi connectivity index (χ1) is 8.86. The Morgan fingerprint density at radius 1 is 1.11 bits per heavy atom. The molecule has 1 saturated heterocycles. The highest BCUT2D eigenvalue weighted by Gasteiger charge is 2.20. The number of hydrogen-bond acceptors (Lipinski definition) is 5. The summed E-state index contributed by atoms with van der Waals surface area (Å²) >= 11 is 0. The van der Waals surface area contributed by atoms with Crippen LogP contribution in [0.4, 0.5) is 0 Å². The predicted molar refractivity (Wildman–Crippen MR) is 72.0 cm³/mol. The summed E-state index contributed by atoms with van der Waals surface area (Å²) in [5, 5.41) is 3.25. The maximum Gasteiger partial charge on any atom is 0.0701 e. The number of ether oxygens (including phenoxy) is 3. The number of methoxy groups -OCH3 is 1. The van der Waals surface area contributed by atoms with Crippen molar-refractivity contribution in [2.75, 3.05) is 73.4 Å². The standard InChI is InChI=1S/C13H28N2O3/c1-14-11-13-3-4-15(12-13)5-6-17-9-10-18-8-7-16-2/h13-14H,3-12H2,1-2H3. The maximum atomic E-state index is 5.55. The summed E-state index contributed by atoms with van der Waals surface area (Å²) in [4.78, 5) is 2.48. The second-order valence-electron chi connectivity index (χ2n) is 4.73. The Hall–Kier alpha value is -0.200. The van der Waals surface area contributed by atoms with Crippen LogP contribution in [0.15, 0.2) is 0 Å². The zero-order chi connectivity index (χ0) is 13.1. The lowest BCUT2D eigenvalue weighted by Gasteiger charge is -2.15. The van der Waals surface area contributed by atoms with Gasteiger partial charge in [0.25, 0.3) is 0 Å². The molecule has 5 heteroatoms. The third-order valence-electron chi connectivity index (χ3n) is 3.22. The lowest BCUT2D eigenvalue weighted by Crippen LogP contribution is -2.27. The molecule has 1 aliphatic rings. The van der Waals surface area contributed by atoms with Crippen LogP contribution in [0.1, 0.15) is 6.42 Å². The number of hydrogen-bond donors (Lipinski definition) is 1. The summed E-state index contributed by atoms with van der Waals surface area (Å²) in [6.07, 6.45) is 1.31. The first-order valence-corrected chi connectivity index (χ1v) is 6.88. The van der Waals surface area contributed by atoms with E-state index in [1.165, 1.54) is 19.5 Å². The zero-order valence-corrected chi connectivity index (χ0v) is 11.8. The van der Waals surface area contributed by atoms with Gasteiger partial charge in [-0.25, -0.2) is 0 Å². The molecule has 1 unspecified atom stereocenters. The zero-order valence-electron chi connectivity index (χ0n) is 11.8. The third kappa shape index (κ3) is 7.28. The van der Waals surface area contributed by atoms with Crippen molar-refractivity contribution < 1.29 is 14.2 Å². The quantitative estimate of drug-likeness (QED) is 0.538. The molecule has 1 N–H and O–H groups in total. The first kappa shape index (κ1) is 15.9. The predicted octanol–water partition coefficient (Wildman–Crippen LogP) is 0.207. The number of likely N-dealkylation sites (tertiary alicyclic amines) is 1. The van der Waals surface area contributed by atoms with E-state index >= 15 is 0 Å². The molecule has 1 heterocycles. The van der Waals surface area contributed by atoms with Gasteiger partial charge in [0.15, 0.2) is 0 Å². The molecular formula is C13H28N2O3. The SMILES string of the molecule is CNCC1CCN(CCOCCOCCOC)C1. The molecule has 1 atom stereocenters. The Labute approximate surface area is 111 Å². The normalized spacial score (nSPS) is 20.7. The van der Waals surface area contributed by atoms with E-state index < -0.39 is 0 Å². The minimum absolute atomic E-state index is 0.650. The second-order valence-corrected chi connectivity index (χ2v) is 4.73. The van der Waals surface area contributed by atoms with Gasteiger partial charge in [0, 0.05) is 20.2 Å². The molecule has 108 valence electrons. The average molecular weight is 260 g/mol. The largest absolute Gasteiger partial charge is 0.382 e. The van der Waals surface area contributed by atoms with Crippen molar-refractivity contribution in [2.24, 2.45) is 5.92 Å². The molecule has 18 heavy (non-hydrogen) atoms. The van der Waals surface area contributed by atoms with E-state index in [0.29, 0.717) is 26.4 Å². The van der Waals surface area contributed by atoms with E-state index in [4.69, 9.17) is 14.2 Å². The first-order valence-electron chi connectivity index (χ1n) is 6.88. The maximum absolute atomic E-state index is 5.55. The van der Waals surface area contributed by atoms with Crippen molar-refractivity contribution in [2.45, 2.75) is 6.42 Å². The highest BCUT2D eigenvalue weighted by molar-refractivity contribution is 4.76. The number of nitrogens with one attached hydrogen (secondary N) is 1. The summed E-state index contributed by atoms with van der Waals surface area (Å²) in [6, 6.07) is 0. The third-order valence-corrected chi connectivity index (χ3v) is 3.22. The molecule has 0 aliphatic carbocycles. The van der Waals surface area contributed by atoms with Gasteiger partial charge in [-0.2, -0.15) is 0 Å². The lowest BCUT2D eigenvalue weighted by molar-refractivity contribution is 0.0206. The monoisotopic (exact) mass is 260 g/mol. The van der Waals surface area contributed by atoms with Crippen LogP contribution in [0.5, 0.6) is 0 Å². The molecule has 0 spiro atoms. The van der Waals surface area contributed by atoms with Gasteiger partial charge in [-0.05, 0) is 32.5 Å². The van der Waals surface area contributed by atoms with Crippen LogP contribution in [-0.4, -0.2) is 78.3 Å². The number of rotatable bonds is 11. The Morgan fingerprint density at radius 3 is 2.56 bits per heavy atom. The van der Waals surface area contributed by atoms with Crippen LogP contribution in [0.3, 0.4) is 0 Å². The molecular weight excluding hydrogens is 232 g/mol. The fraction of sp³-hybridized carbons (Fsp3) is 1.00. The topological polar surface area (TPSA) is 43.0 Å². The van der Waals surface area contributed by atoms with Gasteiger partial charge in [0.05, 0.1) is 33.0 Å². The van der Waals surface area contributed by atoms with Crippen LogP contribution in [0, 0.1) is 5.92 Å². The van der Waals surface area contributed by atoms with Gasteiger partial charge in [0.2, 0.25) is 0 Å². The van der Waals surface area contributed by atoms with Crippen molar-refractivity contribution >= 4 is 0 Å². The summed E-state index contributed by atoms with van der Waals surface area (Å²) in [7, 11) is 3.70. The highest BCUT2D eigenvalue weighted by atomic mass is 16.5. The van der Waals surface area contributed by atoms with Crippen LogP contribution in [-0.2, 0) is 14.2 Å². The van der Waals surface area contributed by atoms with E-state index in [9.17, 15) is 0 Å². The highest BCUT2D eigenvalue weighted by Crippen LogP contribution is 2.14. The molecule has 0 saturated carbocycles. The van der Waals surface area contributed by atoms with Crippen molar-refractivity contribution in [1.29, 1.82) is 0 Å². The van der Waals surface area contributed by atoms with E-state index in [2.05, 4.69) is 10.2 Å². The minimum atomic E-state index is 0.650. The van der Waals surface area contributed by atoms with Crippen LogP contribution >= 0.6 is 0 Å². The summed E-state index contributed by atoms with van der Waals surface area (Å²) in [5.41, 5.74) is 0. The summed E-state index contributed by atoms with van der Waals surface area (Å²) in [6.45, 7) is 8.03.